The molecule has 0 bridgehead atoms. The van der Waals surface area contributed by atoms with Gasteiger partial charge in [0.05, 0.1) is 23.4 Å². The number of nitrogens with one attached hydrogen (secondary N) is 1. The molecule has 0 saturated carbocycles. The highest BCUT2D eigenvalue weighted by atomic mass is 19.4. The molecule has 0 aliphatic carbocycles. The number of amides is 1. The fourth-order valence-corrected chi connectivity index (χ4v) is 2.38. The maximum Gasteiger partial charge on any atom is 0.418 e. The predicted molar refractivity (Wildman–Crippen MR) is 97.1 cm³/mol. The maximum atomic E-state index is 13.0. The molecular weight excluding hydrogens is 432 g/mol. The lowest BCUT2D eigenvalue weighted by atomic mass is 10.1. The van der Waals surface area contributed by atoms with Gasteiger partial charge in [0.2, 0.25) is 0 Å². The van der Waals surface area contributed by atoms with Gasteiger partial charge in [-0.25, -0.2) is 4.79 Å². The SMILES string of the molecule is CC(OC(=O)c1ccc(COCC(F)(F)F)cc1)C(=O)Nc1ccccc1C(F)(F)F. The fraction of sp³-hybridized carbons (Fsp3) is 0.300. The molecular formula is C20H17F6NO4. The quantitative estimate of drug-likeness (QED) is 0.479. The van der Waals surface area contributed by atoms with Crippen LogP contribution < -0.4 is 5.32 Å². The molecule has 1 atom stereocenters. The summed E-state index contributed by atoms with van der Waals surface area (Å²) in [6.45, 7) is -0.560. The molecule has 2 aromatic carbocycles. The number of rotatable bonds is 7. The van der Waals surface area contributed by atoms with Gasteiger partial charge in [0.25, 0.3) is 5.91 Å². The zero-order valence-electron chi connectivity index (χ0n) is 16.0. The second kappa shape index (κ2) is 9.82. The van der Waals surface area contributed by atoms with Crippen LogP contribution in [-0.2, 0) is 27.1 Å². The molecule has 0 fully saturated rings. The molecule has 1 unspecified atom stereocenters. The van der Waals surface area contributed by atoms with Gasteiger partial charge in [0.1, 0.15) is 6.61 Å². The van der Waals surface area contributed by atoms with Gasteiger partial charge in [0.15, 0.2) is 6.10 Å². The number of carbonyl (C=O) groups excluding carboxylic acids is 2. The third-order valence-electron chi connectivity index (χ3n) is 3.87. The van der Waals surface area contributed by atoms with E-state index >= 15 is 0 Å². The standard InChI is InChI=1S/C20H17F6NO4/c1-12(17(28)27-16-5-3-2-4-15(16)20(24,25)26)31-18(29)14-8-6-13(7-9-14)10-30-11-19(21,22)23/h2-9,12H,10-11H2,1H3,(H,27,28). The minimum absolute atomic E-state index is 0.00471. The van der Waals surface area contributed by atoms with E-state index in [1.54, 1.807) is 0 Å². The summed E-state index contributed by atoms with van der Waals surface area (Å²) in [5, 5.41) is 2.07. The van der Waals surface area contributed by atoms with Gasteiger partial charge in [-0.05, 0) is 36.8 Å². The molecule has 0 spiro atoms. The van der Waals surface area contributed by atoms with Crippen molar-refractivity contribution in [1.82, 2.24) is 0 Å². The lowest BCUT2D eigenvalue weighted by molar-refractivity contribution is -0.176. The maximum absolute atomic E-state index is 13.0. The van der Waals surface area contributed by atoms with Crippen LogP contribution in [0.3, 0.4) is 0 Å². The van der Waals surface area contributed by atoms with Crippen LogP contribution in [0, 0.1) is 0 Å². The summed E-state index contributed by atoms with van der Waals surface area (Å²) in [4.78, 5) is 24.3. The number of halogens is 6. The Bertz CT molecular complexity index is 909. The average Bonchev–Trinajstić information content (AvgIpc) is 2.67. The number of anilines is 1. The molecule has 1 amide bonds. The van der Waals surface area contributed by atoms with Crippen molar-refractivity contribution < 1.29 is 45.4 Å². The molecule has 5 nitrogen and oxygen atoms in total. The molecule has 2 rings (SSSR count). The van der Waals surface area contributed by atoms with Crippen molar-refractivity contribution in [2.45, 2.75) is 32.0 Å². The van der Waals surface area contributed by atoms with Gasteiger partial charge < -0.3 is 14.8 Å². The number of hydrogen-bond donors (Lipinski definition) is 1. The van der Waals surface area contributed by atoms with Crippen molar-refractivity contribution in [2.24, 2.45) is 0 Å². The molecule has 168 valence electrons. The van der Waals surface area contributed by atoms with E-state index in [0.717, 1.165) is 12.1 Å². The van der Waals surface area contributed by atoms with Gasteiger partial charge in [-0.1, -0.05) is 24.3 Å². The number of ether oxygens (including phenoxy) is 2. The van der Waals surface area contributed by atoms with E-state index in [-0.39, 0.29) is 12.2 Å². The van der Waals surface area contributed by atoms with Gasteiger partial charge >= 0.3 is 18.3 Å². The van der Waals surface area contributed by atoms with Crippen LogP contribution in [0.25, 0.3) is 0 Å². The van der Waals surface area contributed by atoms with E-state index < -0.39 is 48.2 Å². The van der Waals surface area contributed by atoms with Crippen LogP contribution in [0.15, 0.2) is 48.5 Å². The number of carbonyl (C=O) groups is 2. The largest absolute Gasteiger partial charge is 0.449 e. The minimum Gasteiger partial charge on any atom is -0.449 e. The van der Waals surface area contributed by atoms with E-state index in [0.29, 0.717) is 5.56 Å². The number of esters is 1. The summed E-state index contributed by atoms with van der Waals surface area (Å²) in [5.41, 5.74) is -1.17. The topological polar surface area (TPSA) is 64.6 Å². The Kier molecular flexibility index (Phi) is 7.66. The van der Waals surface area contributed by atoms with Crippen molar-refractivity contribution >= 4 is 17.6 Å². The summed E-state index contributed by atoms with van der Waals surface area (Å²) in [6, 6.07) is 9.55. The number of alkyl halides is 6. The molecule has 0 aromatic heterocycles. The van der Waals surface area contributed by atoms with Gasteiger partial charge in [0, 0.05) is 0 Å². The first-order valence-electron chi connectivity index (χ1n) is 8.78. The van der Waals surface area contributed by atoms with Crippen LogP contribution in [-0.4, -0.2) is 30.8 Å². The van der Waals surface area contributed by atoms with E-state index in [4.69, 9.17) is 4.74 Å². The monoisotopic (exact) mass is 449 g/mol. The van der Waals surface area contributed by atoms with Crippen molar-refractivity contribution in [3.8, 4) is 0 Å². The second-order valence-corrected chi connectivity index (χ2v) is 6.39. The van der Waals surface area contributed by atoms with Gasteiger partial charge in [-0.3, -0.25) is 4.79 Å². The molecule has 1 N–H and O–H groups in total. The molecule has 31 heavy (non-hydrogen) atoms. The van der Waals surface area contributed by atoms with E-state index in [2.05, 4.69) is 10.1 Å². The summed E-state index contributed by atoms with van der Waals surface area (Å²) < 4.78 is 84.6. The minimum atomic E-state index is -4.69. The van der Waals surface area contributed by atoms with Crippen LogP contribution >= 0.6 is 0 Å². The number of hydrogen-bond acceptors (Lipinski definition) is 4. The van der Waals surface area contributed by atoms with Gasteiger partial charge in [-0.2, -0.15) is 26.3 Å². The van der Waals surface area contributed by atoms with Crippen molar-refractivity contribution in [2.75, 3.05) is 11.9 Å². The molecule has 0 aliphatic rings. The third kappa shape index (κ3) is 7.59. The second-order valence-electron chi connectivity index (χ2n) is 6.39. The van der Waals surface area contributed by atoms with Crippen LogP contribution in [0.4, 0.5) is 32.0 Å². The van der Waals surface area contributed by atoms with Crippen LogP contribution in [0.1, 0.15) is 28.4 Å². The first-order chi connectivity index (χ1) is 14.4. The third-order valence-corrected chi connectivity index (χ3v) is 3.87. The molecule has 11 heteroatoms. The average molecular weight is 449 g/mol. The first-order valence-corrected chi connectivity index (χ1v) is 8.78. The van der Waals surface area contributed by atoms with Gasteiger partial charge in [-0.15, -0.1) is 0 Å². The molecule has 0 radical (unpaired) electrons. The molecule has 0 saturated heterocycles. The Morgan fingerprint density at radius 2 is 1.58 bits per heavy atom. The Morgan fingerprint density at radius 3 is 2.16 bits per heavy atom. The van der Waals surface area contributed by atoms with Crippen LogP contribution in [0.5, 0.6) is 0 Å². The summed E-state index contributed by atoms with van der Waals surface area (Å²) in [5.74, 6) is -1.91. The van der Waals surface area contributed by atoms with E-state index in [1.165, 1.54) is 43.3 Å². The molecule has 2 aromatic rings. The highest BCUT2D eigenvalue weighted by Crippen LogP contribution is 2.34. The lowest BCUT2D eigenvalue weighted by Crippen LogP contribution is -2.30. The van der Waals surface area contributed by atoms with Crippen molar-refractivity contribution in [1.29, 1.82) is 0 Å². The first kappa shape index (κ1) is 24.2. The Balaban J connectivity index is 1.94. The summed E-state index contributed by atoms with van der Waals surface area (Å²) in [7, 11) is 0. The molecule has 0 aliphatic heterocycles. The number of para-hydroxylation sites is 1. The van der Waals surface area contributed by atoms with E-state index in [9.17, 15) is 35.9 Å². The Hall–Kier alpha value is -3.08. The Morgan fingerprint density at radius 1 is 0.968 bits per heavy atom. The normalized spacial score (nSPS) is 12.9. The summed E-state index contributed by atoms with van der Waals surface area (Å²) >= 11 is 0. The zero-order chi connectivity index (χ0) is 23.2. The van der Waals surface area contributed by atoms with Crippen molar-refractivity contribution in [3.63, 3.8) is 0 Å². The highest BCUT2D eigenvalue weighted by molar-refractivity contribution is 5.97. The molecule has 0 heterocycles. The highest BCUT2D eigenvalue weighted by Gasteiger charge is 2.34. The zero-order valence-corrected chi connectivity index (χ0v) is 16.0. The fourth-order valence-electron chi connectivity index (χ4n) is 2.38. The predicted octanol–water partition coefficient (Wildman–Crippen LogP) is 4.97. The van der Waals surface area contributed by atoms with Crippen molar-refractivity contribution in [3.05, 3.63) is 65.2 Å². The van der Waals surface area contributed by atoms with E-state index in [1.807, 2.05) is 0 Å². The summed E-state index contributed by atoms with van der Waals surface area (Å²) in [6.07, 6.45) is -10.6. The van der Waals surface area contributed by atoms with Crippen LogP contribution in [0.2, 0.25) is 0 Å². The lowest BCUT2D eigenvalue weighted by Gasteiger charge is -2.17. The Labute approximate surface area is 173 Å². The smallest absolute Gasteiger partial charge is 0.418 e. The number of benzene rings is 2.